The SMILES string of the molecule is CC(C)(CCS(C)(=O)=O)ON. The molecule has 0 rings (SSSR count). The van der Waals surface area contributed by atoms with Crippen LogP contribution in [0, 0.1) is 0 Å². The third-order valence-electron chi connectivity index (χ3n) is 1.39. The highest BCUT2D eigenvalue weighted by atomic mass is 32.2. The van der Waals surface area contributed by atoms with Gasteiger partial charge in [0.1, 0.15) is 9.84 Å². The van der Waals surface area contributed by atoms with Gasteiger partial charge in [0.25, 0.3) is 0 Å². The quantitative estimate of drug-likeness (QED) is 0.624. The molecular weight excluding hydrogens is 166 g/mol. The Labute approximate surface area is 67.6 Å². The predicted octanol–water partition coefficient (Wildman–Crippen LogP) is 0.0900. The smallest absolute Gasteiger partial charge is 0.147 e. The Kier molecular flexibility index (Phi) is 3.47. The molecule has 11 heavy (non-hydrogen) atoms. The van der Waals surface area contributed by atoms with Gasteiger partial charge in [0.15, 0.2) is 0 Å². The van der Waals surface area contributed by atoms with E-state index >= 15 is 0 Å². The van der Waals surface area contributed by atoms with Crippen LogP contribution >= 0.6 is 0 Å². The Morgan fingerprint density at radius 1 is 1.45 bits per heavy atom. The van der Waals surface area contributed by atoms with E-state index in [1.807, 2.05) is 0 Å². The lowest BCUT2D eigenvalue weighted by atomic mass is 10.1. The summed E-state index contributed by atoms with van der Waals surface area (Å²) in [7, 11) is -2.90. The van der Waals surface area contributed by atoms with Crippen LogP contribution in [0.3, 0.4) is 0 Å². The molecule has 0 saturated heterocycles. The second-order valence-corrected chi connectivity index (χ2v) is 5.52. The van der Waals surface area contributed by atoms with Crippen molar-refractivity contribution in [1.29, 1.82) is 0 Å². The predicted molar refractivity (Wildman–Crippen MR) is 43.7 cm³/mol. The van der Waals surface area contributed by atoms with Gasteiger partial charge in [0, 0.05) is 6.26 Å². The number of hydrogen-bond acceptors (Lipinski definition) is 4. The van der Waals surface area contributed by atoms with Gasteiger partial charge in [-0.3, -0.25) is 4.84 Å². The lowest BCUT2D eigenvalue weighted by Gasteiger charge is -2.20. The van der Waals surface area contributed by atoms with Gasteiger partial charge in [-0.25, -0.2) is 14.3 Å². The van der Waals surface area contributed by atoms with Crippen molar-refractivity contribution in [2.24, 2.45) is 5.90 Å². The molecule has 0 spiro atoms. The molecule has 68 valence electrons. The first-order chi connectivity index (χ1) is 4.77. The average Bonchev–Trinajstić information content (AvgIpc) is 1.83. The molecule has 0 amide bonds. The van der Waals surface area contributed by atoms with Gasteiger partial charge in [0.05, 0.1) is 11.4 Å². The Balaban J connectivity index is 3.90. The van der Waals surface area contributed by atoms with Gasteiger partial charge < -0.3 is 0 Å². The van der Waals surface area contributed by atoms with Crippen molar-refractivity contribution >= 4 is 9.84 Å². The van der Waals surface area contributed by atoms with Crippen LogP contribution in [0.25, 0.3) is 0 Å². The summed E-state index contributed by atoms with van der Waals surface area (Å²) >= 11 is 0. The Bertz CT molecular complexity index is 208. The molecule has 0 aromatic carbocycles. The summed E-state index contributed by atoms with van der Waals surface area (Å²) in [5, 5.41) is 0. The zero-order valence-corrected chi connectivity index (χ0v) is 7.94. The zero-order valence-electron chi connectivity index (χ0n) is 7.12. The summed E-state index contributed by atoms with van der Waals surface area (Å²) in [6.07, 6.45) is 1.61. The maximum Gasteiger partial charge on any atom is 0.147 e. The fourth-order valence-electron chi connectivity index (χ4n) is 0.490. The number of hydrogen-bond donors (Lipinski definition) is 1. The van der Waals surface area contributed by atoms with Gasteiger partial charge in [-0.05, 0) is 20.3 Å². The number of nitrogens with two attached hydrogens (primary N) is 1. The van der Waals surface area contributed by atoms with E-state index < -0.39 is 15.4 Å². The first kappa shape index (κ1) is 10.9. The molecule has 0 unspecified atom stereocenters. The van der Waals surface area contributed by atoms with Crippen molar-refractivity contribution in [2.75, 3.05) is 12.0 Å². The maximum absolute atomic E-state index is 10.7. The average molecular weight is 181 g/mol. The van der Waals surface area contributed by atoms with Crippen LogP contribution in [-0.4, -0.2) is 26.0 Å². The van der Waals surface area contributed by atoms with Crippen LogP contribution in [-0.2, 0) is 14.7 Å². The van der Waals surface area contributed by atoms with E-state index in [1.165, 1.54) is 6.26 Å². The Morgan fingerprint density at radius 2 is 1.91 bits per heavy atom. The maximum atomic E-state index is 10.7. The minimum atomic E-state index is -2.90. The van der Waals surface area contributed by atoms with Gasteiger partial charge in [-0.15, -0.1) is 0 Å². The normalized spacial score (nSPS) is 13.5. The summed E-state index contributed by atoms with van der Waals surface area (Å²) in [5.74, 6) is 5.05. The summed E-state index contributed by atoms with van der Waals surface area (Å²) < 4.78 is 21.4. The van der Waals surface area contributed by atoms with Gasteiger partial charge in [0.2, 0.25) is 0 Å². The van der Waals surface area contributed by atoms with E-state index in [1.54, 1.807) is 13.8 Å². The van der Waals surface area contributed by atoms with Gasteiger partial charge in [-0.1, -0.05) is 0 Å². The van der Waals surface area contributed by atoms with Crippen LogP contribution in [0.4, 0.5) is 0 Å². The van der Waals surface area contributed by atoms with Crippen molar-refractivity contribution in [3.63, 3.8) is 0 Å². The van der Waals surface area contributed by atoms with Crippen molar-refractivity contribution in [1.82, 2.24) is 0 Å². The van der Waals surface area contributed by atoms with Gasteiger partial charge in [-0.2, -0.15) is 0 Å². The first-order valence-electron chi connectivity index (χ1n) is 3.32. The molecule has 0 atom stereocenters. The lowest BCUT2D eigenvalue weighted by molar-refractivity contribution is -0.0212. The van der Waals surface area contributed by atoms with E-state index in [2.05, 4.69) is 4.84 Å². The minimum absolute atomic E-state index is 0.108. The van der Waals surface area contributed by atoms with Crippen molar-refractivity contribution in [3.05, 3.63) is 0 Å². The van der Waals surface area contributed by atoms with E-state index in [-0.39, 0.29) is 5.75 Å². The Morgan fingerprint density at radius 3 is 2.18 bits per heavy atom. The second-order valence-electron chi connectivity index (χ2n) is 3.26. The highest BCUT2D eigenvalue weighted by Crippen LogP contribution is 2.12. The largest absolute Gasteiger partial charge is 0.299 e. The topological polar surface area (TPSA) is 69.4 Å². The molecule has 5 heteroatoms. The molecule has 0 aliphatic carbocycles. The molecule has 0 heterocycles. The summed E-state index contributed by atoms with van der Waals surface area (Å²) in [5.41, 5.74) is -0.552. The fraction of sp³-hybridized carbons (Fsp3) is 1.00. The zero-order chi connectivity index (χ0) is 9.12. The van der Waals surface area contributed by atoms with Crippen LogP contribution in [0.2, 0.25) is 0 Å². The monoisotopic (exact) mass is 181 g/mol. The molecule has 2 N–H and O–H groups in total. The first-order valence-corrected chi connectivity index (χ1v) is 5.38. The summed E-state index contributed by atoms with van der Waals surface area (Å²) in [4.78, 5) is 4.57. The molecule has 0 radical (unpaired) electrons. The standard InChI is InChI=1S/C6H15NO3S/c1-6(2,10-7)4-5-11(3,8)9/h4-5,7H2,1-3H3. The molecular formula is C6H15NO3S. The number of sulfone groups is 1. The summed E-state index contributed by atoms with van der Waals surface area (Å²) in [6.45, 7) is 3.50. The van der Waals surface area contributed by atoms with Crippen LogP contribution in [0.1, 0.15) is 20.3 Å². The van der Waals surface area contributed by atoms with Crippen LogP contribution in [0.5, 0.6) is 0 Å². The second kappa shape index (κ2) is 3.51. The van der Waals surface area contributed by atoms with Crippen molar-refractivity contribution in [2.45, 2.75) is 25.9 Å². The molecule has 4 nitrogen and oxygen atoms in total. The molecule has 0 aromatic rings. The third kappa shape index (κ3) is 6.28. The molecule has 0 saturated carbocycles. The molecule has 0 aromatic heterocycles. The van der Waals surface area contributed by atoms with Crippen molar-refractivity contribution < 1.29 is 13.3 Å². The molecule has 0 fully saturated rings. The third-order valence-corrected chi connectivity index (χ3v) is 2.34. The minimum Gasteiger partial charge on any atom is -0.299 e. The van der Waals surface area contributed by atoms with Gasteiger partial charge >= 0.3 is 0 Å². The molecule has 0 bridgehead atoms. The van der Waals surface area contributed by atoms with Crippen LogP contribution in [0.15, 0.2) is 0 Å². The van der Waals surface area contributed by atoms with Crippen molar-refractivity contribution in [3.8, 4) is 0 Å². The molecule has 0 aliphatic rings. The lowest BCUT2D eigenvalue weighted by Crippen LogP contribution is -2.30. The fourth-order valence-corrected chi connectivity index (χ4v) is 1.35. The molecule has 0 aliphatic heterocycles. The number of rotatable bonds is 4. The van der Waals surface area contributed by atoms with E-state index in [0.29, 0.717) is 6.42 Å². The van der Waals surface area contributed by atoms with E-state index in [0.717, 1.165) is 0 Å². The van der Waals surface area contributed by atoms with E-state index in [9.17, 15) is 8.42 Å². The Hall–Kier alpha value is -0.130. The summed E-state index contributed by atoms with van der Waals surface area (Å²) in [6, 6.07) is 0. The van der Waals surface area contributed by atoms with Crippen LogP contribution < -0.4 is 5.90 Å². The van der Waals surface area contributed by atoms with E-state index in [4.69, 9.17) is 5.90 Å². The highest BCUT2D eigenvalue weighted by Gasteiger charge is 2.19. The highest BCUT2D eigenvalue weighted by molar-refractivity contribution is 7.90.